The van der Waals surface area contributed by atoms with Crippen molar-refractivity contribution in [2.75, 3.05) is 0 Å². The van der Waals surface area contributed by atoms with E-state index >= 15 is 0 Å². The standard InChI is InChI=1S/C17H19F5O/c1-2-3-4-5-6-11-10-16(18,19)15(23)13-8-7-12(9-14(11)13)17(20,21)22/h7-9,11H,2-6,10H2,1H3. The third kappa shape index (κ3) is 3.90. The van der Waals surface area contributed by atoms with Crippen molar-refractivity contribution in [3.63, 3.8) is 0 Å². The van der Waals surface area contributed by atoms with E-state index in [4.69, 9.17) is 0 Å². The van der Waals surface area contributed by atoms with Gasteiger partial charge in [-0.25, -0.2) is 0 Å². The summed E-state index contributed by atoms with van der Waals surface area (Å²) in [5.74, 6) is -5.58. The summed E-state index contributed by atoms with van der Waals surface area (Å²) in [6, 6.07) is 2.46. The number of unbranched alkanes of at least 4 members (excludes halogenated alkanes) is 3. The molecule has 1 aromatic rings. The second-order valence-electron chi connectivity index (χ2n) is 6.08. The van der Waals surface area contributed by atoms with Crippen LogP contribution in [-0.2, 0) is 6.18 Å². The fourth-order valence-electron chi connectivity index (χ4n) is 3.07. The van der Waals surface area contributed by atoms with Crippen LogP contribution in [0.25, 0.3) is 0 Å². The van der Waals surface area contributed by atoms with E-state index in [2.05, 4.69) is 0 Å². The Kier molecular flexibility index (Phi) is 5.11. The zero-order chi connectivity index (χ0) is 17.3. The van der Waals surface area contributed by atoms with E-state index in [1.54, 1.807) is 0 Å². The highest BCUT2D eigenvalue weighted by atomic mass is 19.4. The first-order chi connectivity index (χ1) is 10.7. The zero-order valence-corrected chi connectivity index (χ0v) is 12.9. The molecule has 1 atom stereocenters. The van der Waals surface area contributed by atoms with Crippen molar-refractivity contribution in [2.45, 2.75) is 63.5 Å². The summed E-state index contributed by atoms with van der Waals surface area (Å²) >= 11 is 0. The first-order valence-corrected chi connectivity index (χ1v) is 7.80. The van der Waals surface area contributed by atoms with Crippen molar-refractivity contribution in [1.82, 2.24) is 0 Å². The summed E-state index contributed by atoms with van der Waals surface area (Å²) in [7, 11) is 0. The predicted octanol–water partition coefficient (Wildman–Crippen LogP) is 5.98. The molecule has 0 amide bonds. The Hall–Kier alpha value is -1.46. The third-order valence-corrected chi connectivity index (χ3v) is 4.30. The molecule has 128 valence electrons. The highest BCUT2D eigenvalue weighted by Crippen LogP contribution is 2.44. The molecule has 23 heavy (non-hydrogen) atoms. The fraction of sp³-hybridized carbons (Fsp3) is 0.588. The number of ketones is 1. The number of rotatable bonds is 5. The van der Waals surface area contributed by atoms with E-state index < -0.39 is 35.8 Å². The maximum absolute atomic E-state index is 13.9. The summed E-state index contributed by atoms with van der Waals surface area (Å²) in [6.07, 6.45) is -1.43. The van der Waals surface area contributed by atoms with E-state index in [9.17, 15) is 26.7 Å². The first-order valence-electron chi connectivity index (χ1n) is 7.80. The molecule has 0 N–H and O–H groups in total. The van der Waals surface area contributed by atoms with E-state index in [1.165, 1.54) is 0 Å². The van der Waals surface area contributed by atoms with Crippen LogP contribution in [0.4, 0.5) is 22.0 Å². The van der Waals surface area contributed by atoms with Crippen LogP contribution in [0.2, 0.25) is 0 Å². The molecule has 0 bridgehead atoms. The molecule has 0 spiro atoms. The van der Waals surface area contributed by atoms with Crippen LogP contribution in [0.3, 0.4) is 0 Å². The van der Waals surface area contributed by atoms with Crippen molar-refractivity contribution < 1.29 is 26.7 Å². The van der Waals surface area contributed by atoms with Crippen molar-refractivity contribution >= 4 is 5.78 Å². The molecule has 6 heteroatoms. The Morgan fingerprint density at radius 1 is 1.17 bits per heavy atom. The van der Waals surface area contributed by atoms with Gasteiger partial charge >= 0.3 is 12.1 Å². The predicted molar refractivity (Wildman–Crippen MR) is 76.8 cm³/mol. The van der Waals surface area contributed by atoms with Crippen LogP contribution in [0, 0.1) is 0 Å². The van der Waals surface area contributed by atoms with E-state index in [0.717, 1.165) is 31.4 Å². The van der Waals surface area contributed by atoms with E-state index in [0.29, 0.717) is 18.9 Å². The summed E-state index contributed by atoms with van der Waals surface area (Å²) < 4.78 is 66.3. The lowest BCUT2D eigenvalue weighted by Crippen LogP contribution is -2.36. The molecule has 1 unspecified atom stereocenters. The lowest BCUT2D eigenvalue weighted by atomic mass is 9.77. The SMILES string of the molecule is CCCCCCC1CC(F)(F)C(=O)c2ccc(C(F)(F)F)cc21. The van der Waals surface area contributed by atoms with Crippen LogP contribution in [-0.4, -0.2) is 11.7 Å². The normalized spacial score (nSPS) is 20.4. The Balaban J connectivity index is 2.33. The number of Topliss-reactive ketones (excluding diaryl/α,β-unsaturated/α-hetero) is 1. The third-order valence-electron chi connectivity index (χ3n) is 4.30. The van der Waals surface area contributed by atoms with Crippen LogP contribution in [0.15, 0.2) is 18.2 Å². The van der Waals surface area contributed by atoms with Crippen molar-refractivity contribution in [2.24, 2.45) is 0 Å². The summed E-state index contributed by atoms with van der Waals surface area (Å²) in [5.41, 5.74) is -1.05. The minimum absolute atomic E-state index is 0.118. The number of hydrogen-bond acceptors (Lipinski definition) is 1. The molecule has 1 aliphatic rings. The van der Waals surface area contributed by atoms with Gasteiger partial charge in [-0.2, -0.15) is 22.0 Å². The Morgan fingerprint density at radius 2 is 1.87 bits per heavy atom. The van der Waals surface area contributed by atoms with Gasteiger partial charge in [0.25, 0.3) is 0 Å². The number of carbonyl (C=O) groups is 1. The highest BCUT2D eigenvalue weighted by molar-refractivity contribution is 6.04. The number of halogens is 5. The molecule has 0 saturated carbocycles. The molecule has 0 aromatic heterocycles. The molecule has 0 fully saturated rings. The van der Waals surface area contributed by atoms with Gasteiger partial charge in [-0.3, -0.25) is 4.79 Å². The van der Waals surface area contributed by atoms with Crippen LogP contribution >= 0.6 is 0 Å². The van der Waals surface area contributed by atoms with Crippen molar-refractivity contribution in [3.05, 3.63) is 34.9 Å². The Morgan fingerprint density at radius 3 is 2.48 bits per heavy atom. The van der Waals surface area contributed by atoms with Gasteiger partial charge in [0, 0.05) is 12.0 Å². The molecule has 1 aliphatic carbocycles. The number of hydrogen-bond donors (Lipinski definition) is 0. The molecule has 0 heterocycles. The lowest BCUT2D eigenvalue weighted by molar-refractivity contribution is -0.137. The first kappa shape index (κ1) is 17.9. The maximum atomic E-state index is 13.9. The summed E-state index contributed by atoms with van der Waals surface area (Å²) in [4.78, 5) is 11.8. The quantitative estimate of drug-likeness (QED) is 0.478. The van der Waals surface area contributed by atoms with Crippen LogP contribution in [0.5, 0.6) is 0 Å². The average molecular weight is 334 g/mol. The largest absolute Gasteiger partial charge is 0.416 e. The lowest BCUT2D eigenvalue weighted by Gasteiger charge is -2.31. The second kappa shape index (κ2) is 6.57. The molecule has 0 radical (unpaired) electrons. The van der Waals surface area contributed by atoms with E-state index in [1.807, 2.05) is 6.92 Å². The van der Waals surface area contributed by atoms with Crippen molar-refractivity contribution in [1.29, 1.82) is 0 Å². The van der Waals surface area contributed by atoms with E-state index in [-0.39, 0.29) is 11.1 Å². The fourth-order valence-corrected chi connectivity index (χ4v) is 3.07. The minimum atomic E-state index is -4.55. The van der Waals surface area contributed by atoms with Gasteiger partial charge in [-0.15, -0.1) is 0 Å². The molecular formula is C17H19F5O. The van der Waals surface area contributed by atoms with Crippen molar-refractivity contribution in [3.8, 4) is 0 Å². The topological polar surface area (TPSA) is 17.1 Å². The van der Waals surface area contributed by atoms with Gasteiger partial charge in [0.1, 0.15) is 0 Å². The monoisotopic (exact) mass is 334 g/mol. The summed E-state index contributed by atoms with van der Waals surface area (Å²) in [6.45, 7) is 2.01. The van der Waals surface area contributed by atoms with Gasteiger partial charge in [0.05, 0.1) is 5.56 Å². The number of fused-ring (bicyclic) bond motifs is 1. The minimum Gasteiger partial charge on any atom is -0.287 e. The Labute approximate surface area is 131 Å². The maximum Gasteiger partial charge on any atom is 0.416 e. The van der Waals surface area contributed by atoms with Gasteiger partial charge < -0.3 is 0 Å². The Bertz CT molecular complexity index is 577. The van der Waals surface area contributed by atoms with Gasteiger partial charge in [0.2, 0.25) is 5.78 Å². The van der Waals surface area contributed by atoms with Gasteiger partial charge in [-0.05, 0) is 30.0 Å². The second-order valence-corrected chi connectivity index (χ2v) is 6.08. The van der Waals surface area contributed by atoms with Crippen LogP contribution in [0.1, 0.15) is 72.9 Å². The molecule has 1 aromatic carbocycles. The molecule has 0 aliphatic heterocycles. The van der Waals surface area contributed by atoms with Gasteiger partial charge in [0.15, 0.2) is 0 Å². The number of alkyl halides is 5. The zero-order valence-electron chi connectivity index (χ0n) is 12.9. The molecular weight excluding hydrogens is 315 g/mol. The highest BCUT2D eigenvalue weighted by Gasteiger charge is 2.47. The number of carbonyl (C=O) groups excluding carboxylic acids is 1. The van der Waals surface area contributed by atoms with Crippen LogP contribution < -0.4 is 0 Å². The average Bonchev–Trinajstić information content (AvgIpc) is 2.47. The van der Waals surface area contributed by atoms with Gasteiger partial charge in [-0.1, -0.05) is 38.7 Å². The molecule has 1 nitrogen and oxygen atoms in total. The molecule has 2 rings (SSSR count). The number of benzene rings is 1. The summed E-state index contributed by atoms with van der Waals surface area (Å²) in [5, 5.41) is 0. The molecule has 0 saturated heterocycles. The smallest absolute Gasteiger partial charge is 0.287 e.